The van der Waals surface area contributed by atoms with Crippen LogP contribution in [0, 0.1) is 0 Å². The predicted molar refractivity (Wildman–Crippen MR) is 75.3 cm³/mol. The summed E-state index contributed by atoms with van der Waals surface area (Å²) in [5, 5.41) is 9.23. The first kappa shape index (κ1) is 13.5. The molecule has 0 aliphatic heterocycles. The van der Waals surface area contributed by atoms with Crippen LogP contribution in [0.2, 0.25) is 0 Å². The summed E-state index contributed by atoms with van der Waals surface area (Å²) in [7, 11) is 0. The molecule has 0 bridgehead atoms. The minimum absolute atomic E-state index is 0.0849. The van der Waals surface area contributed by atoms with E-state index in [0.29, 0.717) is 22.4 Å². The van der Waals surface area contributed by atoms with Gasteiger partial charge in [0.2, 0.25) is 0 Å². The Morgan fingerprint density at radius 2 is 2.16 bits per heavy atom. The Morgan fingerprint density at radius 3 is 2.79 bits per heavy atom. The van der Waals surface area contributed by atoms with E-state index >= 15 is 0 Å². The number of fused-ring (bicyclic) bond motifs is 1. The van der Waals surface area contributed by atoms with Gasteiger partial charge < -0.3 is 27.0 Å². The van der Waals surface area contributed by atoms with Crippen molar-refractivity contribution in [1.82, 2.24) is 14.5 Å². The molecule has 2 heterocycles. The number of anilines is 2. The molecule has 0 aliphatic carbocycles. The fourth-order valence-electron chi connectivity index (χ4n) is 1.81. The number of nitrogens with two attached hydrogens (primary N) is 3. The van der Waals surface area contributed by atoms with Crippen LogP contribution in [0.25, 0.3) is 11.0 Å². The van der Waals surface area contributed by atoms with Crippen molar-refractivity contribution >= 4 is 39.9 Å². The molecule has 8 nitrogen and oxygen atoms in total. The lowest BCUT2D eigenvalue weighted by Gasteiger charge is -2.07. The molecule has 102 valence electrons. The van der Waals surface area contributed by atoms with Crippen molar-refractivity contribution in [2.45, 2.75) is 6.73 Å². The van der Waals surface area contributed by atoms with E-state index in [0.717, 1.165) is 0 Å². The Bertz CT molecular complexity index is 626. The van der Waals surface area contributed by atoms with E-state index in [1.807, 2.05) is 0 Å². The summed E-state index contributed by atoms with van der Waals surface area (Å²) in [4.78, 5) is 8.14. The molecular weight excluding hydrogens is 268 g/mol. The molecule has 7 N–H and O–H groups in total. The number of aliphatic hydroxyl groups excluding tert-OH is 1. The van der Waals surface area contributed by atoms with Crippen LogP contribution >= 0.6 is 12.2 Å². The van der Waals surface area contributed by atoms with Crippen LogP contribution in [-0.2, 0) is 11.5 Å². The Labute approximate surface area is 114 Å². The number of nitrogen functional groups attached to an aromatic ring is 2. The van der Waals surface area contributed by atoms with E-state index in [2.05, 4.69) is 9.97 Å². The number of aromatic nitrogens is 3. The third-order valence-electron chi connectivity index (χ3n) is 2.61. The van der Waals surface area contributed by atoms with Crippen molar-refractivity contribution in [3.8, 4) is 0 Å². The molecule has 2 aromatic heterocycles. The Kier molecular flexibility index (Phi) is 3.79. The van der Waals surface area contributed by atoms with Crippen LogP contribution in [0.5, 0.6) is 0 Å². The fraction of sp³-hybridized carbons (Fsp3) is 0.300. The molecule has 0 amide bonds. The average molecular weight is 282 g/mol. The van der Waals surface area contributed by atoms with Crippen molar-refractivity contribution in [3.63, 3.8) is 0 Å². The van der Waals surface area contributed by atoms with Crippen molar-refractivity contribution in [3.05, 3.63) is 11.9 Å². The number of hydrogen-bond acceptors (Lipinski definition) is 7. The molecule has 0 aromatic carbocycles. The Morgan fingerprint density at radius 1 is 1.42 bits per heavy atom. The summed E-state index contributed by atoms with van der Waals surface area (Å²) in [6, 6.07) is 0. The Hall–Kier alpha value is -1.97. The number of ether oxygens (including phenoxy) is 1. The first-order valence-electron chi connectivity index (χ1n) is 5.44. The minimum Gasteiger partial charge on any atom is -0.394 e. The molecular formula is C10H14N6O2S. The lowest BCUT2D eigenvalue weighted by atomic mass is 10.2. The van der Waals surface area contributed by atoms with Crippen LogP contribution in [0.1, 0.15) is 5.56 Å². The number of aliphatic hydroxyl groups is 1. The largest absolute Gasteiger partial charge is 0.394 e. The van der Waals surface area contributed by atoms with E-state index in [4.69, 9.17) is 39.3 Å². The van der Waals surface area contributed by atoms with Gasteiger partial charge in [-0.2, -0.15) is 0 Å². The average Bonchev–Trinajstić information content (AvgIpc) is 2.64. The SMILES string of the molecule is NC(=S)c1c(N)n(COCCO)c2ncnc(N)c12. The van der Waals surface area contributed by atoms with Crippen LogP contribution in [0.4, 0.5) is 11.6 Å². The smallest absolute Gasteiger partial charge is 0.149 e. The highest BCUT2D eigenvalue weighted by molar-refractivity contribution is 7.80. The molecule has 19 heavy (non-hydrogen) atoms. The second-order valence-electron chi connectivity index (χ2n) is 3.77. The van der Waals surface area contributed by atoms with Crippen molar-refractivity contribution < 1.29 is 9.84 Å². The number of hydrogen-bond donors (Lipinski definition) is 4. The third kappa shape index (κ3) is 2.30. The summed E-state index contributed by atoms with van der Waals surface area (Å²) in [5.41, 5.74) is 18.4. The van der Waals surface area contributed by atoms with Gasteiger partial charge in [0.1, 0.15) is 35.3 Å². The zero-order valence-electron chi connectivity index (χ0n) is 10.0. The quantitative estimate of drug-likeness (QED) is 0.413. The molecule has 0 atom stereocenters. The van der Waals surface area contributed by atoms with Gasteiger partial charge in [-0.25, -0.2) is 9.97 Å². The second kappa shape index (κ2) is 5.34. The number of rotatable bonds is 5. The summed E-state index contributed by atoms with van der Waals surface area (Å²) >= 11 is 4.98. The predicted octanol–water partition coefficient (Wildman–Crippen LogP) is -0.804. The van der Waals surface area contributed by atoms with Gasteiger partial charge in [0.05, 0.1) is 24.2 Å². The van der Waals surface area contributed by atoms with Crippen LogP contribution < -0.4 is 17.2 Å². The summed E-state index contributed by atoms with van der Waals surface area (Å²) in [6.45, 7) is 0.211. The van der Waals surface area contributed by atoms with Crippen LogP contribution in [-0.4, -0.2) is 37.8 Å². The molecule has 0 saturated carbocycles. The number of thiocarbonyl (C=S) groups is 1. The monoisotopic (exact) mass is 282 g/mol. The lowest BCUT2D eigenvalue weighted by Crippen LogP contribution is -2.14. The first-order valence-corrected chi connectivity index (χ1v) is 5.85. The highest BCUT2D eigenvalue weighted by Gasteiger charge is 2.20. The fourth-order valence-corrected chi connectivity index (χ4v) is 2.02. The van der Waals surface area contributed by atoms with Crippen molar-refractivity contribution in [1.29, 1.82) is 0 Å². The minimum atomic E-state index is -0.0849. The summed E-state index contributed by atoms with van der Waals surface area (Å²) < 4.78 is 6.82. The van der Waals surface area contributed by atoms with Crippen LogP contribution in [0.3, 0.4) is 0 Å². The summed E-state index contributed by atoms with van der Waals surface area (Å²) in [6.07, 6.45) is 1.32. The molecule has 0 aliphatic rings. The van der Waals surface area contributed by atoms with Gasteiger partial charge in [0.25, 0.3) is 0 Å². The zero-order chi connectivity index (χ0) is 14.0. The second-order valence-corrected chi connectivity index (χ2v) is 4.21. The summed E-state index contributed by atoms with van der Waals surface area (Å²) in [5.74, 6) is 0.563. The molecule has 2 aromatic rings. The Balaban J connectivity index is 2.60. The van der Waals surface area contributed by atoms with E-state index in [-0.39, 0.29) is 30.8 Å². The first-order chi connectivity index (χ1) is 9.07. The van der Waals surface area contributed by atoms with Crippen LogP contribution in [0.15, 0.2) is 6.33 Å². The highest BCUT2D eigenvalue weighted by Crippen LogP contribution is 2.29. The van der Waals surface area contributed by atoms with Gasteiger partial charge in [-0.3, -0.25) is 4.57 Å². The van der Waals surface area contributed by atoms with Gasteiger partial charge >= 0.3 is 0 Å². The van der Waals surface area contributed by atoms with Gasteiger partial charge in [-0.05, 0) is 0 Å². The maximum Gasteiger partial charge on any atom is 0.149 e. The third-order valence-corrected chi connectivity index (χ3v) is 2.82. The van der Waals surface area contributed by atoms with Gasteiger partial charge in [-0.15, -0.1) is 0 Å². The van der Waals surface area contributed by atoms with Crippen molar-refractivity contribution in [2.24, 2.45) is 5.73 Å². The van der Waals surface area contributed by atoms with Gasteiger partial charge in [0, 0.05) is 0 Å². The van der Waals surface area contributed by atoms with E-state index in [1.165, 1.54) is 6.33 Å². The van der Waals surface area contributed by atoms with Gasteiger partial charge in [-0.1, -0.05) is 12.2 Å². The maximum atomic E-state index is 8.71. The molecule has 0 radical (unpaired) electrons. The van der Waals surface area contributed by atoms with E-state index in [1.54, 1.807) is 4.57 Å². The molecule has 0 fully saturated rings. The van der Waals surface area contributed by atoms with Crippen molar-refractivity contribution in [2.75, 3.05) is 24.7 Å². The topological polar surface area (TPSA) is 138 Å². The molecule has 0 unspecified atom stereocenters. The van der Waals surface area contributed by atoms with Gasteiger partial charge in [0.15, 0.2) is 0 Å². The zero-order valence-corrected chi connectivity index (χ0v) is 10.9. The standard InChI is InChI=1S/C10H14N6O2S/c11-7-5-6(9(13)19)8(12)16(4-18-2-1-17)10(5)15-3-14-7/h3,17H,1-2,4,12H2,(H2,13,19)(H2,11,14,15). The van der Waals surface area contributed by atoms with E-state index < -0.39 is 0 Å². The molecule has 0 saturated heterocycles. The van der Waals surface area contributed by atoms with E-state index in [9.17, 15) is 0 Å². The number of nitrogens with zero attached hydrogens (tertiary/aromatic N) is 3. The molecule has 9 heteroatoms. The molecule has 2 rings (SSSR count). The maximum absolute atomic E-state index is 8.71. The lowest BCUT2D eigenvalue weighted by molar-refractivity contribution is 0.0511. The highest BCUT2D eigenvalue weighted by atomic mass is 32.1. The normalized spacial score (nSPS) is 11.0. The molecule has 0 spiro atoms.